The number of rotatable bonds is 6. The zero-order valence-corrected chi connectivity index (χ0v) is 20.6. The number of imidazole rings is 1. The van der Waals surface area contributed by atoms with Gasteiger partial charge in [-0.2, -0.15) is 0 Å². The molecule has 1 saturated carbocycles. The number of hydrogen-bond acceptors (Lipinski definition) is 5. The van der Waals surface area contributed by atoms with E-state index in [2.05, 4.69) is 10.3 Å². The third kappa shape index (κ3) is 5.37. The van der Waals surface area contributed by atoms with Gasteiger partial charge in [0.15, 0.2) is 5.69 Å². The quantitative estimate of drug-likeness (QED) is 0.681. The van der Waals surface area contributed by atoms with E-state index in [0.29, 0.717) is 50.7 Å². The second-order valence-electron chi connectivity index (χ2n) is 10.1. The largest absolute Gasteiger partial charge is 0.497 e. The summed E-state index contributed by atoms with van der Waals surface area (Å²) >= 11 is 0. The van der Waals surface area contributed by atoms with Crippen LogP contribution < -0.4 is 10.1 Å². The minimum Gasteiger partial charge on any atom is -0.497 e. The van der Waals surface area contributed by atoms with Crippen LogP contribution >= 0.6 is 0 Å². The van der Waals surface area contributed by atoms with Crippen molar-refractivity contribution in [3.63, 3.8) is 0 Å². The number of piperidine rings is 1. The Morgan fingerprint density at radius 1 is 1.09 bits per heavy atom. The van der Waals surface area contributed by atoms with Crippen LogP contribution in [0, 0.1) is 11.8 Å². The molecule has 1 aromatic carbocycles. The summed E-state index contributed by atoms with van der Waals surface area (Å²) in [5, 5.41) is 3.18. The van der Waals surface area contributed by atoms with Crippen LogP contribution in [0.2, 0.25) is 0 Å². The molecule has 0 unspecified atom stereocenters. The highest BCUT2D eigenvalue weighted by Crippen LogP contribution is 2.30. The Morgan fingerprint density at radius 2 is 1.83 bits per heavy atom. The van der Waals surface area contributed by atoms with Gasteiger partial charge in [-0.25, -0.2) is 4.98 Å². The monoisotopic (exact) mass is 480 g/mol. The molecule has 0 bridgehead atoms. The first-order valence-electron chi connectivity index (χ1n) is 13.0. The lowest BCUT2D eigenvalue weighted by molar-refractivity contribution is -0.126. The Bertz CT molecular complexity index is 1020. The maximum atomic E-state index is 13.2. The van der Waals surface area contributed by atoms with Gasteiger partial charge >= 0.3 is 0 Å². The number of aromatic nitrogens is 2. The lowest BCUT2D eigenvalue weighted by Crippen LogP contribution is -2.44. The lowest BCUT2D eigenvalue weighted by Gasteiger charge is -2.32. The lowest BCUT2D eigenvalue weighted by atomic mass is 9.89. The molecule has 2 aromatic rings. The van der Waals surface area contributed by atoms with E-state index in [-0.39, 0.29) is 23.8 Å². The van der Waals surface area contributed by atoms with Crippen LogP contribution in [0.3, 0.4) is 0 Å². The molecule has 1 N–H and O–H groups in total. The minimum atomic E-state index is -0.0894. The van der Waals surface area contributed by atoms with Gasteiger partial charge in [0.1, 0.15) is 11.9 Å². The molecule has 1 atom stereocenters. The van der Waals surface area contributed by atoms with E-state index in [1.807, 2.05) is 33.7 Å². The van der Waals surface area contributed by atoms with Crippen molar-refractivity contribution < 1.29 is 19.1 Å². The average Bonchev–Trinajstić information content (AvgIpc) is 3.35. The zero-order valence-electron chi connectivity index (χ0n) is 20.6. The van der Waals surface area contributed by atoms with Crippen molar-refractivity contribution in [1.82, 2.24) is 19.8 Å². The number of nitrogens with one attached hydrogen (secondary N) is 1. The van der Waals surface area contributed by atoms with Crippen molar-refractivity contribution >= 4 is 11.8 Å². The average molecular weight is 481 g/mol. The first-order chi connectivity index (χ1) is 17.1. The molecule has 35 heavy (non-hydrogen) atoms. The minimum absolute atomic E-state index is 0.00728. The smallest absolute Gasteiger partial charge is 0.274 e. The number of hydrogen-bond donors (Lipinski definition) is 1. The number of amides is 2. The fraction of sp³-hybridized carbons (Fsp3) is 0.593. The molecular weight excluding hydrogens is 444 g/mol. The SMILES string of the molecule is COc1ccc([C@@H]2Cn3cnc(C(=O)N4CCC(C(=O)NCC5CCCCC5)CC4)c3CO2)cc1. The molecular formula is C27H36N4O4. The second-order valence-corrected chi connectivity index (χ2v) is 10.1. The van der Waals surface area contributed by atoms with Crippen LogP contribution in [-0.4, -0.2) is 53.0 Å². The Labute approximate surface area is 207 Å². The van der Waals surface area contributed by atoms with Gasteiger partial charge in [-0.15, -0.1) is 0 Å². The fourth-order valence-corrected chi connectivity index (χ4v) is 5.60. The van der Waals surface area contributed by atoms with Gasteiger partial charge < -0.3 is 24.3 Å². The number of methoxy groups -OCH3 is 1. The Balaban J connectivity index is 1.13. The number of ether oxygens (including phenoxy) is 2. The van der Waals surface area contributed by atoms with E-state index < -0.39 is 0 Å². The van der Waals surface area contributed by atoms with E-state index in [1.54, 1.807) is 13.4 Å². The maximum absolute atomic E-state index is 13.2. The number of carbonyl (C=O) groups excluding carboxylic acids is 2. The summed E-state index contributed by atoms with van der Waals surface area (Å²) in [5.74, 6) is 1.53. The maximum Gasteiger partial charge on any atom is 0.274 e. The summed E-state index contributed by atoms with van der Waals surface area (Å²) in [6.45, 7) is 2.93. The third-order valence-electron chi connectivity index (χ3n) is 7.86. The summed E-state index contributed by atoms with van der Waals surface area (Å²) in [6.07, 6.45) is 9.41. The standard InChI is InChI=1S/C27H36N4O4/c1-34-22-9-7-20(8-10-22)24-16-31-18-29-25(23(31)17-35-24)27(33)30-13-11-21(12-14-30)26(32)28-15-19-5-3-2-4-6-19/h7-10,18-19,21,24H,2-6,11-17H2,1H3,(H,28,32)/t24-/m0/s1. The number of nitrogens with zero attached hydrogens (tertiary/aromatic N) is 3. The number of likely N-dealkylation sites (tertiary alicyclic amines) is 1. The molecule has 2 fully saturated rings. The van der Waals surface area contributed by atoms with Crippen molar-refractivity contribution in [2.45, 2.75) is 64.2 Å². The first kappa shape index (κ1) is 23.9. The topological polar surface area (TPSA) is 85.7 Å². The summed E-state index contributed by atoms with van der Waals surface area (Å²) in [5.41, 5.74) is 2.37. The molecule has 8 nitrogen and oxygen atoms in total. The predicted octanol–water partition coefficient (Wildman–Crippen LogP) is 3.71. The van der Waals surface area contributed by atoms with Gasteiger partial charge in [-0.1, -0.05) is 31.4 Å². The van der Waals surface area contributed by atoms with E-state index in [1.165, 1.54) is 32.1 Å². The Kier molecular flexibility index (Phi) is 7.37. The Hall–Kier alpha value is -2.87. The van der Waals surface area contributed by atoms with Gasteiger partial charge in [0.05, 0.1) is 32.3 Å². The highest BCUT2D eigenvalue weighted by atomic mass is 16.5. The van der Waals surface area contributed by atoms with Crippen LogP contribution in [0.15, 0.2) is 30.6 Å². The molecule has 1 saturated heterocycles. The molecule has 0 spiro atoms. The molecule has 3 heterocycles. The molecule has 2 aliphatic heterocycles. The van der Waals surface area contributed by atoms with Gasteiger partial charge in [0, 0.05) is 25.6 Å². The van der Waals surface area contributed by atoms with Crippen molar-refractivity contribution in [3.05, 3.63) is 47.5 Å². The van der Waals surface area contributed by atoms with Crippen molar-refractivity contribution in [3.8, 4) is 5.75 Å². The van der Waals surface area contributed by atoms with Gasteiger partial charge in [-0.05, 0) is 49.3 Å². The van der Waals surface area contributed by atoms with Crippen molar-refractivity contribution in [1.29, 1.82) is 0 Å². The second kappa shape index (κ2) is 10.8. The van der Waals surface area contributed by atoms with Crippen molar-refractivity contribution in [2.24, 2.45) is 11.8 Å². The summed E-state index contributed by atoms with van der Waals surface area (Å²) in [4.78, 5) is 32.2. The molecule has 2 amide bonds. The van der Waals surface area contributed by atoms with Crippen LogP contribution in [-0.2, 0) is 22.7 Å². The van der Waals surface area contributed by atoms with E-state index in [9.17, 15) is 9.59 Å². The van der Waals surface area contributed by atoms with E-state index in [0.717, 1.165) is 23.6 Å². The van der Waals surface area contributed by atoms with E-state index in [4.69, 9.17) is 9.47 Å². The number of fused-ring (bicyclic) bond motifs is 1. The van der Waals surface area contributed by atoms with Crippen LogP contribution in [0.4, 0.5) is 0 Å². The molecule has 1 aromatic heterocycles. The summed E-state index contributed by atoms with van der Waals surface area (Å²) in [6, 6.07) is 7.87. The highest BCUT2D eigenvalue weighted by Gasteiger charge is 2.32. The predicted molar refractivity (Wildman–Crippen MR) is 131 cm³/mol. The van der Waals surface area contributed by atoms with Gasteiger partial charge in [0.25, 0.3) is 5.91 Å². The molecule has 1 aliphatic carbocycles. The van der Waals surface area contributed by atoms with Crippen LogP contribution in [0.1, 0.15) is 72.8 Å². The molecule has 0 radical (unpaired) electrons. The fourth-order valence-electron chi connectivity index (χ4n) is 5.60. The number of carbonyl (C=O) groups is 2. The summed E-state index contributed by atoms with van der Waals surface area (Å²) in [7, 11) is 1.65. The molecule has 5 rings (SSSR count). The van der Waals surface area contributed by atoms with Crippen molar-refractivity contribution in [2.75, 3.05) is 26.7 Å². The third-order valence-corrected chi connectivity index (χ3v) is 7.86. The molecule has 8 heteroatoms. The molecule has 3 aliphatic rings. The normalized spacial score (nSPS) is 21.4. The van der Waals surface area contributed by atoms with Gasteiger partial charge in [-0.3, -0.25) is 9.59 Å². The molecule has 188 valence electrons. The Morgan fingerprint density at radius 3 is 2.54 bits per heavy atom. The van der Waals surface area contributed by atoms with Gasteiger partial charge in [0.2, 0.25) is 5.91 Å². The first-order valence-corrected chi connectivity index (χ1v) is 13.0. The van der Waals surface area contributed by atoms with Crippen LogP contribution in [0.5, 0.6) is 5.75 Å². The zero-order chi connectivity index (χ0) is 24.2. The number of benzene rings is 1. The highest BCUT2D eigenvalue weighted by molar-refractivity contribution is 5.93. The summed E-state index contributed by atoms with van der Waals surface area (Å²) < 4.78 is 13.4. The van der Waals surface area contributed by atoms with E-state index >= 15 is 0 Å². The van der Waals surface area contributed by atoms with Crippen LogP contribution in [0.25, 0.3) is 0 Å².